The molecule has 1 N–H and O–H groups in total. The summed E-state index contributed by atoms with van der Waals surface area (Å²) in [5.41, 5.74) is 1.45. The molecule has 0 unspecified atom stereocenters. The first-order chi connectivity index (χ1) is 12.4. The van der Waals surface area contributed by atoms with Crippen LogP contribution in [0.1, 0.15) is 50.4 Å². The Hall–Kier alpha value is -2.30. The van der Waals surface area contributed by atoms with E-state index < -0.39 is 12.1 Å². The average Bonchev–Trinajstić information content (AvgIpc) is 2.96. The van der Waals surface area contributed by atoms with Crippen molar-refractivity contribution < 1.29 is 14.3 Å². The molecule has 0 radical (unpaired) electrons. The van der Waals surface area contributed by atoms with Crippen LogP contribution >= 0.6 is 0 Å². The van der Waals surface area contributed by atoms with Gasteiger partial charge in [0.1, 0.15) is 0 Å². The Bertz CT molecular complexity index is 811. The lowest BCUT2D eigenvalue weighted by Crippen LogP contribution is -2.47. The minimum atomic E-state index is -0.814. The Balaban J connectivity index is 1.66. The summed E-state index contributed by atoms with van der Waals surface area (Å²) in [6.07, 6.45) is 4.26. The fraction of sp³-hybridized carbons (Fsp3) is 0.524. The summed E-state index contributed by atoms with van der Waals surface area (Å²) in [4.78, 5) is 25.1. The monoisotopic (exact) mass is 356 g/mol. The van der Waals surface area contributed by atoms with Crippen molar-refractivity contribution in [1.29, 1.82) is 0 Å². The van der Waals surface area contributed by atoms with Crippen LogP contribution in [0.15, 0.2) is 30.5 Å². The molecule has 0 spiro atoms. The van der Waals surface area contributed by atoms with Gasteiger partial charge in [0.05, 0.1) is 5.56 Å². The maximum Gasteiger partial charge on any atom is 0.341 e. The summed E-state index contributed by atoms with van der Waals surface area (Å²) >= 11 is 0. The van der Waals surface area contributed by atoms with Gasteiger partial charge < -0.3 is 14.6 Å². The van der Waals surface area contributed by atoms with E-state index in [0.29, 0.717) is 17.4 Å². The van der Waals surface area contributed by atoms with Gasteiger partial charge in [-0.3, -0.25) is 4.79 Å². The second-order valence-electron chi connectivity index (χ2n) is 7.60. The van der Waals surface area contributed by atoms with Gasteiger partial charge in [-0.1, -0.05) is 44.9 Å². The third-order valence-electron chi connectivity index (χ3n) is 5.80. The number of rotatable bonds is 4. The number of para-hydroxylation sites is 1. The summed E-state index contributed by atoms with van der Waals surface area (Å²) < 4.78 is 7.35. The van der Waals surface area contributed by atoms with Gasteiger partial charge in [-0.05, 0) is 31.2 Å². The van der Waals surface area contributed by atoms with Crippen molar-refractivity contribution in [3.63, 3.8) is 0 Å². The fourth-order valence-corrected chi connectivity index (χ4v) is 3.87. The molecule has 1 fully saturated rings. The number of amides is 1. The van der Waals surface area contributed by atoms with E-state index in [9.17, 15) is 9.59 Å². The summed E-state index contributed by atoms with van der Waals surface area (Å²) in [6, 6.07) is 7.82. The highest BCUT2D eigenvalue weighted by atomic mass is 16.5. The number of aromatic nitrogens is 1. The minimum absolute atomic E-state index is 0.157. The van der Waals surface area contributed by atoms with Crippen LogP contribution in [-0.2, 0) is 16.6 Å². The number of nitrogens with zero attached hydrogens (tertiary/aromatic N) is 1. The molecule has 1 aliphatic carbocycles. The molecule has 140 valence electrons. The van der Waals surface area contributed by atoms with Crippen molar-refractivity contribution in [1.82, 2.24) is 9.88 Å². The van der Waals surface area contributed by atoms with Crippen molar-refractivity contribution in [3.8, 4) is 0 Å². The van der Waals surface area contributed by atoms with Crippen LogP contribution in [-0.4, -0.2) is 28.6 Å². The van der Waals surface area contributed by atoms with Gasteiger partial charge in [0.2, 0.25) is 0 Å². The largest absolute Gasteiger partial charge is 0.449 e. The highest BCUT2D eigenvalue weighted by Crippen LogP contribution is 2.29. The molecule has 0 bridgehead atoms. The molecule has 4 atom stereocenters. The van der Waals surface area contributed by atoms with Gasteiger partial charge in [0.25, 0.3) is 5.91 Å². The lowest BCUT2D eigenvalue weighted by molar-refractivity contribution is -0.130. The normalized spacial score (nSPS) is 24.2. The van der Waals surface area contributed by atoms with Gasteiger partial charge in [0.15, 0.2) is 6.10 Å². The predicted molar refractivity (Wildman–Crippen MR) is 102 cm³/mol. The topological polar surface area (TPSA) is 60.3 Å². The van der Waals surface area contributed by atoms with Crippen LogP contribution in [0.5, 0.6) is 0 Å². The van der Waals surface area contributed by atoms with Gasteiger partial charge in [-0.2, -0.15) is 0 Å². The first kappa shape index (κ1) is 18.5. The Morgan fingerprint density at radius 1 is 1.23 bits per heavy atom. The zero-order valence-corrected chi connectivity index (χ0v) is 16.0. The van der Waals surface area contributed by atoms with E-state index in [1.54, 1.807) is 13.1 Å². The van der Waals surface area contributed by atoms with Crippen LogP contribution in [0, 0.1) is 11.8 Å². The van der Waals surface area contributed by atoms with E-state index in [0.717, 1.165) is 23.7 Å². The number of carbonyl (C=O) groups is 2. The second kappa shape index (κ2) is 7.52. The molecule has 1 aliphatic rings. The quantitative estimate of drug-likeness (QED) is 0.851. The number of hydrogen-bond donors (Lipinski definition) is 1. The van der Waals surface area contributed by atoms with E-state index in [4.69, 9.17) is 4.74 Å². The Morgan fingerprint density at radius 2 is 1.96 bits per heavy atom. The van der Waals surface area contributed by atoms with Crippen LogP contribution in [0.4, 0.5) is 0 Å². The van der Waals surface area contributed by atoms with Crippen molar-refractivity contribution in [2.45, 2.75) is 52.2 Å². The molecular formula is C21H28N2O3. The molecular weight excluding hydrogens is 328 g/mol. The molecule has 1 heterocycles. The van der Waals surface area contributed by atoms with Crippen molar-refractivity contribution >= 4 is 22.8 Å². The van der Waals surface area contributed by atoms with Crippen LogP contribution in [0.2, 0.25) is 0 Å². The van der Waals surface area contributed by atoms with Crippen LogP contribution in [0.25, 0.3) is 10.9 Å². The molecule has 3 rings (SSSR count). The molecule has 1 aromatic carbocycles. The molecule has 1 amide bonds. The number of carbonyl (C=O) groups excluding carboxylic acids is 2. The smallest absolute Gasteiger partial charge is 0.341 e. The third kappa shape index (κ3) is 3.62. The van der Waals surface area contributed by atoms with E-state index in [1.165, 1.54) is 6.42 Å². The van der Waals surface area contributed by atoms with Gasteiger partial charge in [-0.25, -0.2) is 4.79 Å². The van der Waals surface area contributed by atoms with E-state index in [2.05, 4.69) is 19.2 Å². The summed E-state index contributed by atoms with van der Waals surface area (Å²) in [6.45, 7) is 6.05. The predicted octanol–water partition coefficient (Wildman–Crippen LogP) is 3.66. The standard InChI is InChI=1S/C21H28N2O3/c1-13-8-7-10-18(14(13)2)22-20(24)15(3)26-21(25)17-12-23(4)19-11-6-5-9-16(17)19/h5-6,9,11-15,18H,7-8,10H2,1-4H3,(H,22,24)/t13-,14+,15+,18+/m0/s1. The zero-order valence-electron chi connectivity index (χ0n) is 16.0. The highest BCUT2D eigenvalue weighted by Gasteiger charge is 2.30. The number of benzene rings is 1. The SMILES string of the molecule is C[C@@H]1[C@@H](C)CCC[C@H]1NC(=O)[C@@H](C)OC(=O)c1cn(C)c2ccccc12. The number of fused-ring (bicyclic) bond motifs is 1. The van der Waals surface area contributed by atoms with E-state index >= 15 is 0 Å². The van der Waals surface area contributed by atoms with Gasteiger partial charge in [-0.15, -0.1) is 0 Å². The van der Waals surface area contributed by atoms with Crippen molar-refractivity contribution in [2.75, 3.05) is 0 Å². The minimum Gasteiger partial charge on any atom is -0.449 e. The number of nitrogens with one attached hydrogen (secondary N) is 1. The van der Waals surface area contributed by atoms with Crippen LogP contribution in [0.3, 0.4) is 0 Å². The molecule has 5 nitrogen and oxygen atoms in total. The number of aryl methyl sites for hydroxylation is 1. The van der Waals surface area contributed by atoms with Crippen molar-refractivity contribution in [2.24, 2.45) is 18.9 Å². The molecule has 2 aromatic rings. The number of ether oxygens (including phenoxy) is 1. The molecule has 0 aliphatic heterocycles. The van der Waals surface area contributed by atoms with Crippen LogP contribution < -0.4 is 5.32 Å². The zero-order chi connectivity index (χ0) is 18.8. The molecule has 1 aromatic heterocycles. The van der Waals surface area contributed by atoms with Gasteiger partial charge >= 0.3 is 5.97 Å². The van der Waals surface area contributed by atoms with E-state index in [-0.39, 0.29) is 11.9 Å². The Labute approximate surface area is 154 Å². The maximum absolute atomic E-state index is 12.6. The first-order valence-corrected chi connectivity index (χ1v) is 9.44. The summed E-state index contributed by atoms with van der Waals surface area (Å²) in [5.74, 6) is 0.357. The second-order valence-corrected chi connectivity index (χ2v) is 7.60. The summed E-state index contributed by atoms with van der Waals surface area (Å²) in [7, 11) is 1.89. The number of hydrogen-bond acceptors (Lipinski definition) is 3. The molecule has 0 saturated heterocycles. The van der Waals surface area contributed by atoms with E-state index in [1.807, 2.05) is 35.9 Å². The third-order valence-corrected chi connectivity index (χ3v) is 5.80. The highest BCUT2D eigenvalue weighted by molar-refractivity contribution is 6.05. The lowest BCUT2D eigenvalue weighted by Gasteiger charge is -2.35. The Kier molecular flexibility index (Phi) is 5.35. The molecule has 26 heavy (non-hydrogen) atoms. The summed E-state index contributed by atoms with van der Waals surface area (Å²) in [5, 5.41) is 3.91. The first-order valence-electron chi connectivity index (χ1n) is 9.44. The molecule has 1 saturated carbocycles. The van der Waals surface area contributed by atoms with Crippen molar-refractivity contribution in [3.05, 3.63) is 36.0 Å². The average molecular weight is 356 g/mol. The molecule has 5 heteroatoms. The Morgan fingerprint density at radius 3 is 2.73 bits per heavy atom. The van der Waals surface area contributed by atoms with Gasteiger partial charge in [0, 0.05) is 30.2 Å². The lowest BCUT2D eigenvalue weighted by atomic mass is 9.78. The number of esters is 1. The maximum atomic E-state index is 12.6. The fourth-order valence-electron chi connectivity index (χ4n) is 3.87.